The molecule has 4 rings (SSSR count). The van der Waals surface area contributed by atoms with Gasteiger partial charge in [-0.15, -0.1) is 0 Å². The van der Waals surface area contributed by atoms with Crippen molar-refractivity contribution in [3.05, 3.63) is 30.1 Å². The second kappa shape index (κ2) is 4.34. The van der Waals surface area contributed by atoms with Gasteiger partial charge >= 0.3 is 0 Å². The van der Waals surface area contributed by atoms with Crippen molar-refractivity contribution in [2.75, 3.05) is 0 Å². The maximum absolute atomic E-state index is 4.82. The lowest BCUT2D eigenvalue weighted by molar-refractivity contribution is 0.299. The third-order valence-corrected chi connectivity index (χ3v) is 4.80. The second-order valence-electron chi connectivity index (χ2n) is 6.00. The maximum Gasteiger partial charge on any atom is 0.109 e. The smallest absolute Gasteiger partial charge is 0.109 e. The Kier molecular flexibility index (Phi) is 2.62. The normalized spacial score (nSPS) is 30.1. The Morgan fingerprint density at radius 2 is 1.95 bits per heavy atom. The standard InChI is InChI=1S/C16H21N3/c1-2-16-18-14-5-3-4-6-15(14)19(16)13-9-11-7-8-12(10-13)17-11/h3-6,11-13,17H,2,7-10H2,1H3/t11-,12+,13?. The first-order chi connectivity index (χ1) is 9.35. The summed E-state index contributed by atoms with van der Waals surface area (Å²) < 4.78 is 2.53. The van der Waals surface area contributed by atoms with Crippen molar-refractivity contribution >= 4 is 11.0 Å². The van der Waals surface area contributed by atoms with Crippen LogP contribution in [-0.4, -0.2) is 21.6 Å². The van der Waals surface area contributed by atoms with Crippen LogP contribution >= 0.6 is 0 Å². The number of piperidine rings is 1. The molecule has 1 aromatic heterocycles. The van der Waals surface area contributed by atoms with E-state index in [1.807, 2.05) is 0 Å². The van der Waals surface area contributed by atoms with E-state index in [4.69, 9.17) is 4.98 Å². The summed E-state index contributed by atoms with van der Waals surface area (Å²) >= 11 is 0. The number of hydrogen-bond acceptors (Lipinski definition) is 2. The summed E-state index contributed by atoms with van der Waals surface area (Å²) in [6, 6.07) is 10.7. The van der Waals surface area contributed by atoms with Crippen molar-refractivity contribution in [1.82, 2.24) is 14.9 Å². The number of aryl methyl sites for hydroxylation is 1. The summed E-state index contributed by atoms with van der Waals surface area (Å²) in [6.45, 7) is 2.22. The average molecular weight is 255 g/mol. The summed E-state index contributed by atoms with van der Waals surface area (Å²) in [5.41, 5.74) is 2.48. The molecule has 2 bridgehead atoms. The molecule has 3 atom stereocenters. The van der Waals surface area contributed by atoms with E-state index >= 15 is 0 Å². The lowest BCUT2D eigenvalue weighted by atomic mass is 9.99. The van der Waals surface area contributed by atoms with Gasteiger partial charge in [0.25, 0.3) is 0 Å². The molecule has 1 N–H and O–H groups in total. The van der Waals surface area contributed by atoms with E-state index in [0.29, 0.717) is 6.04 Å². The van der Waals surface area contributed by atoms with E-state index in [1.54, 1.807) is 0 Å². The summed E-state index contributed by atoms with van der Waals surface area (Å²) in [5, 5.41) is 3.73. The van der Waals surface area contributed by atoms with Gasteiger partial charge in [0.15, 0.2) is 0 Å². The summed E-state index contributed by atoms with van der Waals surface area (Å²) in [4.78, 5) is 4.82. The number of para-hydroxylation sites is 2. The number of imidazole rings is 1. The number of nitrogens with one attached hydrogen (secondary N) is 1. The predicted octanol–water partition coefficient (Wildman–Crippen LogP) is 3.05. The van der Waals surface area contributed by atoms with Gasteiger partial charge in [-0.3, -0.25) is 0 Å². The van der Waals surface area contributed by atoms with Gasteiger partial charge in [-0.05, 0) is 37.8 Å². The topological polar surface area (TPSA) is 29.9 Å². The fourth-order valence-corrected chi connectivity index (χ4v) is 3.99. The van der Waals surface area contributed by atoms with Crippen LogP contribution in [0.5, 0.6) is 0 Å². The van der Waals surface area contributed by atoms with Gasteiger partial charge in [0.2, 0.25) is 0 Å². The van der Waals surface area contributed by atoms with Crippen LogP contribution < -0.4 is 5.32 Å². The molecule has 19 heavy (non-hydrogen) atoms. The molecule has 3 nitrogen and oxygen atoms in total. The predicted molar refractivity (Wildman–Crippen MR) is 77.3 cm³/mol. The lowest BCUT2D eigenvalue weighted by Gasteiger charge is -2.31. The Labute approximate surface area is 114 Å². The Balaban J connectivity index is 1.81. The number of hydrogen-bond donors (Lipinski definition) is 1. The van der Waals surface area contributed by atoms with E-state index in [0.717, 1.165) is 24.0 Å². The minimum atomic E-state index is 0.640. The quantitative estimate of drug-likeness (QED) is 0.894. The number of nitrogens with zero attached hydrogens (tertiary/aromatic N) is 2. The first kappa shape index (κ1) is 11.5. The molecule has 3 heterocycles. The van der Waals surface area contributed by atoms with E-state index in [9.17, 15) is 0 Å². The minimum absolute atomic E-state index is 0.640. The Hall–Kier alpha value is -1.35. The van der Waals surface area contributed by atoms with Gasteiger partial charge in [-0.2, -0.15) is 0 Å². The molecule has 0 amide bonds. The summed E-state index contributed by atoms with van der Waals surface area (Å²) in [6.07, 6.45) is 6.27. The molecule has 2 aliphatic heterocycles. The fourth-order valence-electron chi connectivity index (χ4n) is 3.99. The molecular weight excluding hydrogens is 234 g/mol. The molecule has 100 valence electrons. The molecule has 2 saturated heterocycles. The van der Waals surface area contributed by atoms with Crippen molar-refractivity contribution in [3.63, 3.8) is 0 Å². The molecule has 0 saturated carbocycles. The van der Waals surface area contributed by atoms with Gasteiger partial charge in [0, 0.05) is 24.5 Å². The zero-order valence-corrected chi connectivity index (χ0v) is 11.5. The van der Waals surface area contributed by atoms with Crippen molar-refractivity contribution in [2.45, 2.75) is 57.2 Å². The average Bonchev–Trinajstić information content (AvgIpc) is 2.98. The van der Waals surface area contributed by atoms with Crippen LogP contribution in [0.15, 0.2) is 24.3 Å². The second-order valence-corrected chi connectivity index (χ2v) is 6.00. The van der Waals surface area contributed by atoms with E-state index in [1.165, 1.54) is 37.0 Å². The molecule has 2 aromatic rings. The molecule has 2 aliphatic rings. The third kappa shape index (κ3) is 1.79. The van der Waals surface area contributed by atoms with Crippen molar-refractivity contribution in [2.24, 2.45) is 0 Å². The van der Waals surface area contributed by atoms with Crippen LogP contribution in [0.25, 0.3) is 11.0 Å². The van der Waals surface area contributed by atoms with E-state index in [-0.39, 0.29) is 0 Å². The Morgan fingerprint density at radius 3 is 2.68 bits per heavy atom. The van der Waals surface area contributed by atoms with Crippen molar-refractivity contribution in [3.8, 4) is 0 Å². The van der Waals surface area contributed by atoms with Crippen molar-refractivity contribution < 1.29 is 0 Å². The molecule has 0 aliphatic carbocycles. The Morgan fingerprint density at radius 1 is 1.21 bits per heavy atom. The SMILES string of the molecule is CCc1nc2ccccc2n1C1C[C@H]2CC[C@@H](C1)N2. The highest BCUT2D eigenvalue weighted by Crippen LogP contribution is 2.36. The van der Waals surface area contributed by atoms with Crippen LogP contribution in [0.1, 0.15) is 44.5 Å². The summed E-state index contributed by atoms with van der Waals surface area (Å²) in [5.74, 6) is 1.26. The zero-order chi connectivity index (χ0) is 12.8. The third-order valence-electron chi connectivity index (χ3n) is 4.80. The number of rotatable bonds is 2. The molecule has 1 unspecified atom stereocenters. The molecule has 0 spiro atoms. The summed E-state index contributed by atoms with van der Waals surface area (Å²) in [7, 11) is 0. The Bertz CT molecular complexity index is 589. The van der Waals surface area contributed by atoms with E-state index < -0.39 is 0 Å². The van der Waals surface area contributed by atoms with Gasteiger partial charge in [-0.1, -0.05) is 19.1 Å². The van der Waals surface area contributed by atoms with Crippen LogP contribution in [0.2, 0.25) is 0 Å². The first-order valence-electron chi connectivity index (χ1n) is 7.57. The molecule has 3 heteroatoms. The number of fused-ring (bicyclic) bond motifs is 3. The lowest BCUT2D eigenvalue weighted by Crippen LogP contribution is -2.39. The molecule has 1 aromatic carbocycles. The van der Waals surface area contributed by atoms with Crippen LogP contribution in [-0.2, 0) is 6.42 Å². The number of benzene rings is 1. The fraction of sp³-hybridized carbons (Fsp3) is 0.562. The van der Waals surface area contributed by atoms with Gasteiger partial charge < -0.3 is 9.88 Å². The molecular formula is C16H21N3. The van der Waals surface area contributed by atoms with Crippen molar-refractivity contribution in [1.29, 1.82) is 0 Å². The first-order valence-corrected chi connectivity index (χ1v) is 7.57. The number of aromatic nitrogens is 2. The van der Waals surface area contributed by atoms with Crippen LogP contribution in [0, 0.1) is 0 Å². The minimum Gasteiger partial charge on any atom is -0.325 e. The monoisotopic (exact) mass is 255 g/mol. The van der Waals surface area contributed by atoms with Gasteiger partial charge in [0.1, 0.15) is 5.82 Å². The molecule has 2 fully saturated rings. The molecule has 0 radical (unpaired) electrons. The highest BCUT2D eigenvalue weighted by atomic mass is 15.1. The maximum atomic E-state index is 4.82. The van der Waals surface area contributed by atoms with Crippen LogP contribution in [0.4, 0.5) is 0 Å². The zero-order valence-electron chi connectivity index (χ0n) is 11.5. The van der Waals surface area contributed by atoms with E-state index in [2.05, 4.69) is 41.1 Å². The highest BCUT2D eigenvalue weighted by Gasteiger charge is 2.35. The highest BCUT2D eigenvalue weighted by molar-refractivity contribution is 5.76. The van der Waals surface area contributed by atoms with Gasteiger partial charge in [0.05, 0.1) is 11.0 Å². The van der Waals surface area contributed by atoms with Crippen LogP contribution in [0.3, 0.4) is 0 Å². The largest absolute Gasteiger partial charge is 0.325 e. The van der Waals surface area contributed by atoms with Gasteiger partial charge in [-0.25, -0.2) is 4.98 Å².